The van der Waals surface area contributed by atoms with E-state index in [2.05, 4.69) is 10.3 Å². The van der Waals surface area contributed by atoms with Gasteiger partial charge in [0.2, 0.25) is 0 Å². The van der Waals surface area contributed by atoms with Crippen molar-refractivity contribution in [2.24, 2.45) is 0 Å². The zero-order chi connectivity index (χ0) is 16.1. The molecule has 0 saturated heterocycles. The molecular weight excluding hydrogens is 295 g/mol. The van der Waals surface area contributed by atoms with E-state index in [1.807, 2.05) is 0 Å². The Morgan fingerprint density at radius 3 is 2.74 bits per heavy atom. The zero-order valence-electron chi connectivity index (χ0n) is 12.8. The van der Waals surface area contributed by atoms with Crippen LogP contribution in [-0.4, -0.2) is 16.1 Å². The Kier molecular flexibility index (Phi) is 3.11. The van der Waals surface area contributed by atoms with Crippen LogP contribution in [0.5, 0.6) is 0 Å². The molecule has 1 aromatic carbocycles. The number of nitrogens with zero attached hydrogens (tertiary/aromatic N) is 1. The van der Waals surface area contributed by atoms with Gasteiger partial charge in [0.1, 0.15) is 11.6 Å². The molecule has 0 aliphatic heterocycles. The molecule has 2 aliphatic carbocycles. The van der Waals surface area contributed by atoms with Crippen molar-refractivity contribution in [2.75, 3.05) is 5.32 Å². The average Bonchev–Trinajstić information content (AvgIpc) is 3.13. The van der Waals surface area contributed by atoms with Gasteiger partial charge in [-0.1, -0.05) is 0 Å². The number of hydrogen-bond donors (Lipinski definition) is 2. The minimum atomic E-state index is -0.912. The number of carboxylic acid groups (broad SMARTS) is 1. The lowest BCUT2D eigenvalue weighted by atomic mass is 9.89. The summed E-state index contributed by atoms with van der Waals surface area (Å²) in [5.74, 6) is 0.271. The summed E-state index contributed by atoms with van der Waals surface area (Å²) in [4.78, 5) is 15.8. The van der Waals surface area contributed by atoms with Gasteiger partial charge in [-0.3, -0.25) is 0 Å². The minimum absolute atomic E-state index is 0.242. The largest absolute Gasteiger partial charge is 0.478 e. The molecular formula is C18H17FN2O2. The van der Waals surface area contributed by atoms with Crippen LogP contribution in [0.25, 0.3) is 0 Å². The van der Waals surface area contributed by atoms with Crippen LogP contribution < -0.4 is 5.32 Å². The molecule has 1 fully saturated rings. The number of pyridine rings is 1. The lowest BCUT2D eigenvalue weighted by Gasteiger charge is -2.21. The first-order chi connectivity index (χ1) is 11.0. The molecule has 2 aromatic rings. The van der Waals surface area contributed by atoms with E-state index in [4.69, 9.17) is 0 Å². The van der Waals surface area contributed by atoms with E-state index in [9.17, 15) is 14.3 Å². The fourth-order valence-corrected chi connectivity index (χ4v) is 4.03. The predicted molar refractivity (Wildman–Crippen MR) is 84.9 cm³/mol. The Bertz CT molecular complexity index is 819. The Hall–Kier alpha value is -2.43. The van der Waals surface area contributed by atoms with Gasteiger partial charge in [0.05, 0.1) is 5.56 Å². The number of carboxylic acids is 1. The molecule has 0 amide bonds. The third kappa shape index (κ3) is 2.19. The number of halogens is 1. The Morgan fingerprint density at radius 1 is 1.30 bits per heavy atom. The van der Waals surface area contributed by atoms with Crippen LogP contribution in [0.3, 0.4) is 0 Å². The monoisotopic (exact) mass is 312 g/mol. The van der Waals surface area contributed by atoms with Gasteiger partial charge < -0.3 is 10.4 Å². The van der Waals surface area contributed by atoms with Gasteiger partial charge in [-0.2, -0.15) is 0 Å². The molecule has 2 N–H and O–H groups in total. The maximum atomic E-state index is 13.4. The van der Waals surface area contributed by atoms with E-state index >= 15 is 0 Å². The predicted octanol–water partition coefficient (Wildman–Crippen LogP) is 4.34. The number of benzene rings is 1. The fourth-order valence-electron chi connectivity index (χ4n) is 4.03. The molecule has 2 bridgehead atoms. The molecule has 2 atom stereocenters. The van der Waals surface area contributed by atoms with E-state index in [1.54, 1.807) is 19.1 Å². The highest BCUT2D eigenvalue weighted by Crippen LogP contribution is 2.56. The topological polar surface area (TPSA) is 62.2 Å². The molecule has 2 unspecified atom stereocenters. The van der Waals surface area contributed by atoms with Gasteiger partial charge in [-0.25, -0.2) is 14.2 Å². The summed E-state index contributed by atoms with van der Waals surface area (Å²) in [6.07, 6.45) is 4.59. The maximum Gasteiger partial charge on any atom is 0.337 e. The summed E-state index contributed by atoms with van der Waals surface area (Å²) in [7, 11) is 0. The van der Waals surface area contributed by atoms with Crippen molar-refractivity contribution in [3.05, 3.63) is 52.5 Å². The highest BCUT2D eigenvalue weighted by atomic mass is 19.1. The number of anilines is 2. The van der Waals surface area contributed by atoms with Crippen molar-refractivity contribution in [1.82, 2.24) is 4.98 Å². The lowest BCUT2D eigenvalue weighted by molar-refractivity contribution is 0.0694. The van der Waals surface area contributed by atoms with Gasteiger partial charge in [-0.05, 0) is 67.3 Å². The average molecular weight is 312 g/mol. The summed E-state index contributed by atoms with van der Waals surface area (Å²) in [5, 5.41) is 12.7. The smallest absolute Gasteiger partial charge is 0.337 e. The highest BCUT2D eigenvalue weighted by Gasteiger charge is 2.41. The van der Waals surface area contributed by atoms with Gasteiger partial charge in [0.25, 0.3) is 0 Å². The molecule has 4 rings (SSSR count). The summed E-state index contributed by atoms with van der Waals surface area (Å²) in [5.41, 5.74) is 3.65. The number of hydrogen-bond acceptors (Lipinski definition) is 3. The Balaban J connectivity index is 1.78. The molecule has 0 radical (unpaired) electrons. The minimum Gasteiger partial charge on any atom is -0.478 e. The molecule has 0 spiro atoms. The van der Waals surface area contributed by atoms with Gasteiger partial charge in [0, 0.05) is 17.4 Å². The molecule has 5 heteroatoms. The maximum absolute atomic E-state index is 13.4. The number of nitrogens with one attached hydrogen (secondary N) is 1. The first kappa shape index (κ1) is 14.2. The van der Waals surface area contributed by atoms with Crippen LogP contribution in [0, 0.1) is 12.7 Å². The van der Waals surface area contributed by atoms with E-state index in [1.165, 1.54) is 12.3 Å². The van der Waals surface area contributed by atoms with Crippen LogP contribution >= 0.6 is 0 Å². The van der Waals surface area contributed by atoms with Crippen molar-refractivity contribution in [3.8, 4) is 0 Å². The Morgan fingerprint density at radius 2 is 2.04 bits per heavy atom. The molecule has 118 valence electrons. The van der Waals surface area contributed by atoms with Crippen LogP contribution in [-0.2, 0) is 0 Å². The summed E-state index contributed by atoms with van der Waals surface area (Å²) in [6, 6.07) is 4.84. The molecule has 4 nitrogen and oxygen atoms in total. The number of aromatic nitrogens is 1. The third-order valence-electron chi connectivity index (χ3n) is 5.06. The van der Waals surface area contributed by atoms with Crippen molar-refractivity contribution < 1.29 is 14.3 Å². The highest BCUT2D eigenvalue weighted by molar-refractivity contribution is 5.91. The van der Waals surface area contributed by atoms with Crippen molar-refractivity contribution in [2.45, 2.75) is 38.0 Å². The SMILES string of the molecule is Cc1cc(Nc2ncc(C(=O)O)c3c2C2CCC3C2)ccc1F. The van der Waals surface area contributed by atoms with Crippen LogP contribution in [0.4, 0.5) is 15.9 Å². The zero-order valence-corrected chi connectivity index (χ0v) is 12.8. The van der Waals surface area contributed by atoms with E-state index < -0.39 is 5.97 Å². The standard InChI is InChI=1S/C18H17FN2O2/c1-9-6-12(4-5-14(9)19)21-17-16-11-3-2-10(7-11)15(16)13(8-20-17)18(22)23/h4-6,8,10-11H,2-3,7H2,1H3,(H,20,21)(H,22,23). The summed E-state index contributed by atoms with van der Waals surface area (Å²) >= 11 is 0. The van der Waals surface area contributed by atoms with Crippen molar-refractivity contribution in [3.63, 3.8) is 0 Å². The van der Waals surface area contributed by atoms with Crippen LogP contribution in [0.2, 0.25) is 0 Å². The third-order valence-corrected chi connectivity index (χ3v) is 5.06. The molecule has 1 aromatic heterocycles. The van der Waals surface area contributed by atoms with Gasteiger partial charge in [-0.15, -0.1) is 0 Å². The van der Waals surface area contributed by atoms with E-state index in [-0.39, 0.29) is 5.82 Å². The fraction of sp³-hybridized carbons (Fsp3) is 0.333. The van der Waals surface area contributed by atoms with Crippen LogP contribution in [0.15, 0.2) is 24.4 Å². The van der Waals surface area contributed by atoms with Crippen molar-refractivity contribution >= 4 is 17.5 Å². The number of aromatic carboxylic acids is 1. The van der Waals surface area contributed by atoms with Gasteiger partial charge >= 0.3 is 5.97 Å². The van der Waals surface area contributed by atoms with E-state index in [0.29, 0.717) is 28.8 Å². The molecule has 2 aliphatic rings. The first-order valence-electron chi connectivity index (χ1n) is 7.84. The van der Waals surface area contributed by atoms with E-state index in [0.717, 1.165) is 36.1 Å². The number of fused-ring (bicyclic) bond motifs is 5. The second-order valence-electron chi connectivity index (χ2n) is 6.45. The first-order valence-corrected chi connectivity index (χ1v) is 7.84. The second-order valence-corrected chi connectivity index (χ2v) is 6.45. The second kappa shape index (κ2) is 5.05. The number of rotatable bonds is 3. The Labute approximate surface area is 133 Å². The molecule has 1 saturated carbocycles. The number of aryl methyl sites for hydroxylation is 1. The van der Waals surface area contributed by atoms with Gasteiger partial charge in [0.15, 0.2) is 0 Å². The quantitative estimate of drug-likeness (QED) is 0.885. The normalized spacial score (nSPS) is 21.3. The lowest BCUT2D eigenvalue weighted by Crippen LogP contribution is -2.11. The number of carbonyl (C=O) groups is 1. The summed E-state index contributed by atoms with van der Waals surface area (Å²) < 4.78 is 13.4. The van der Waals surface area contributed by atoms with Crippen molar-refractivity contribution in [1.29, 1.82) is 0 Å². The summed E-state index contributed by atoms with van der Waals surface area (Å²) in [6.45, 7) is 1.72. The molecule has 23 heavy (non-hydrogen) atoms. The van der Waals surface area contributed by atoms with Crippen LogP contribution in [0.1, 0.15) is 58.1 Å². The molecule has 1 heterocycles.